The summed E-state index contributed by atoms with van der Waals surface area (Å²) in [6.07, 6.45) is 1.92. The van der Waals surface area contributed by atoms with Crippen molar-refractivity contribution in [3.05, 3.63) is 102 Å². The smallest absolute Gasteiger partial charge is 0.256 e. The minimum Gasteiger partial charge on any atom is -0.322 e. The summed E-state index contributed by atoms with van der Waals surface area (Å²) in [5.74, 6) is 0.356. The number of amides is 1. The van der Waals surface area contributed by atoms with Crippen molar-refractivity contribution in [2.75, 3.05) is 5.32 Å². The number of nitrogens with one attached hydrogen (secondary N) is 1. The van der Waals surface area contributed by atoms with E-state index in [-0.39, 0.29) is 5.91 Å². The van der Waals surface area contributed by atoms with E-state index in [9.17, 15) is 4.79 Å². The maximum atomic E-state index is 13.0. The fourth-order valence-electron chi connectivity index (χ4n) is 2.76. The van der Waals surface area contributed by atoms with Crippen LogP contribution in [0.5, 0.6) is 0 Å². The molecule has 0 saturated heterocycles. The van der Waals surface area contributed by atoms with Crippen molar-refractivity contribution in [2.24, 2.45) is 0 Å². The van der Waals surface area contributed by atoms with Crippen molar-refractivity contribution in [2.45, 2.75) is 19.8 Å². The Bertz CT molecular complexity index is 879. The van der Waals surface area contributed by atoms with Gasteiger partial charge in [-0.05, 0) is 40.8 Å². The highest BCUT2D eigenvalue weighted by Gasteiger charge is 2.12. The molecule has 0 unspecified atom stereocenters. The van der Waals surface area contributed by atoms with Gasteiger partial charge in [-0.3, -0.25) is 4.79 Å². The Morgan fingerprint density at radius 3 is 1.96 bits per heavy atom. The van der Waals surface area contributed by atoms with Crippen LogP contribution < -0.4 is 5.32 Å². The van der Waals surface area contributed by atoms with E-state index in [1.807, 2.05) is 78.9 Å². The lowest BCUT2D eigenvalue weighted by Crippen LogP contribution is -2.13. The van der Waals surface area contributed by atoms with E-state index < -0.39 is 0 Å². The molecule has 0 heterocycles. The molecule has 0 radical (unpaired) electrons. The van der Waals surface area contributed by atoms with Gasteiger partial charge in [-0.1, -0.05) is 86.6 Å². The second kappa shape index (κ2) is 8.30. The number of hydrogen-bond donors (Lipinski definition) is 1. The van der Waals surface area contributed by atoms with Crippen LogP contribution in [-0.2, 0) is 4.79 Å². The molecular weight excluding hydrogens is 318 g/mol. The second-order valence-electron chi connectivity index (χ2n) is 6.57. The van der Waals surface area contributed by atoms with Gasteiger partial charge in [-0.2, -0.15) is 0 Å². The standard InChI is InChI=1S/C24H23NO/c1-18(2)20-13-15-22(16-14-20)25-24(26)23(21-11-7-4-8-12-21)17-19-9-5-3-6-10-19/h3-18H,1-2H3,(H,25,26)/b23-17+. The van der Waals surface area contributed by atoms with E-state index in [2.05, 4.69) is 31.3 Å². The third kappa shape index (κ3) is 4.48. The second-order valence-corrected chi connectivity index (χ2v) is 6.57. The van der Waals surface area contributed by atoms with Crippen molar-refractivity contribution >= 4 is 23.2 Å². The highest BCUT2D eigenvalue weighted by atomic mass is 16.1. The van der Waals surface area contributed by atoms with Gasteiger partial charge in [0.15, 0.2) is 0 Å². The van der Waals surface area contributed by atoms with Crippen LogP contribution in [0.3, 0.4) is 0 Å². The van der Waals surface area contributed by atoms with Crippen molar-refractivity contribution < 1.29 is 4.79 Å². The van der Waals surface area contributed by atoms with Gasteiger partial charge in [0, 0.05) is 11.3 Å². The number of rotatable bonds is 5. The maximum Gasteiger partial charge on any atom is 0.256 e. The van der Waals surface area contributed by atoms with Crippen molar-refractivity contribution in [1.82, 2.24) is 0 Å². The fourth-order valence-corrected chi connectivity index (χ4v) is 2.76. The summed E-state index contributed by atoms with van der Waals surface area (Å²) in [4.78, 5) is 13.0. The summed E-state index contributed by atoms with van der Waals surface area (Å²) in [5, 5.41) is 3.02. The molecule has 0 saturated carbocycles. The normalized spacial score (nSPS) is 11.4. The quantitative estimate of drug-likeness (QED) is 0.448. The van der Waals surface area contributed by atoms with E-state index in [1.165, 1.54) is 5.56 Å². The monoisotopic (exact) mass is 341 g/mol. The molecule has 3 aromatic rings. The van der Waals surface area contributed by atoms with Crippen LogP contribution in [-0.4, -0.2) is 5.91 Å². The first-order valence-corrected chi connectivity index (χ1v) is 8.87. The number of hydrogen-bond acceptors (Lipinski definition) is 1. The largest absolute Gasteiger partial charge is 0.322 e. The minimum atomic E-state index is -0.114. The van der Waals surface area contributed by atoms with Gasteiger partial charge in [0.2, 0.25) is 0 Å². The van der Waals surface area contributed by atoms with Gasteiger partial charge in [-0.25, -0.2) is 0 Å². The SMILES string of the molecule is CC(C)c1ccc(NC(=O)/C(=C/c2ccccc2)c2ccccc2)cc1. The molecule has 0 aromatic heterocycles. The summed E-state index contributed by atoms with van der Waals surface area (Å²) < 4.78 is 0. The number of benzene rings is 3. The zero-order valence-corrected chi connectivity index (χ0v) is 15.1. The van der Waals surface area contributed by atoms with E-state index >= 15 is 0 Å². The summed E-state index contributed by atoms with van der Waals surface area (Å²) in [6.45, 7) is 4.31. The molecule has 0 atom stereocenters. The van der Waals surface area contributed by atoms with Gasteiger partial charge >= 0.3 is 0 Å². The molecule has 0 fully saturated rings. The Labute approximate surface area is 155 Å². The molecule has 3 aromatic carbocycles. The predicted molar refractivity (Wildman–Crippen MR) is 110 cm³/mol. The first kappa shape index (κ1) is 17.7. The Hall–Kier alpha value is -3.13. The van der Waals surface area contributed by atoms with Crippen LogP contribution >= 0.6 is 0 Å². The molecule has 130 valence electrons. The molecule has 1 N–H and O–H groups in total. The van der Waals surface area contributed by atoms with Gasteiger partial charge in [0.1, 0.15) is 0 Å². The summed E-state index contributed by atoms with van der Waals surface area (Å²) in [7, 11) is 0. The van der Waals surface area contributed by atoms with Gasteiger partial charge in [0.05, 0.1) is 0 Å². The highest BCUT2D eigenvalue weighted by molar-refractivity contribution is 6.29. The van der Waals surface area contributed by atoms with E-state index in [0.717, 1.165) is 16.8 Å². The van der Waals surface area contributed by atoms with Crippen LogP contribution in [0, 0.1) is 0 Å². The highest BCUT2D eigenvalue weighted by Crippen LogP contribution is 2.22. The lowest BCUT2D eigenvalue weighted by atomic mass is 10.0. The molecule has 2 heteroatoms. The van der Waals surface area contributed by atoms with Crippen LogP contribution in [0.15, 0.2) is 84.9 Å². The molecule has 26 heavy (non-hydrogen) atoms. The zero-order valence-electron chi connectivity index (χ0n) is 15.1. The molecule has 0 aliphatic rings. The molecule has 3 rings (SSSR count). The number of carbonyl (C=O) groups is 1. The average Bonchev–Trinajstić information content (AvgIpc) is 2.68. The Balaban J connectivity index is 1.89. The van der Waals surface area contributed by atoms with Gasteiger partial charge < -0.3 is 5.32 Å². The Morgan fingerprint density at radius 2 is 1.38 bits per heavy atom. The molecule has 0 spiro atoms. The van der Waals surface area contributed by atoms with Crippen molar-refractivity contribution in [3.8, 4) is 0 Å². The van der Waals surface area contributed by atoms with Crippen LogP contribution in [0.2, 0.25) is 0 Å². The summed E-state index contributed by atoms with van der Waals surface area (Å²) in [5.41, 5.74) is 4.59. The molecule has 0 aliphatic carbocycles. The average molecular weight is 341 g/mol. The maximum absolute atomic E-state index is 13.0. The van der Waals surface area contributed by atoms with Crippen molar-refractivity contribution in [1.29, 1.82) is 0 Å². The minimum absolute atomic E-state index is 0.114. The zero-order chi connectivity index (χ0) is 18.4. The van der Waals surface area contributed by atoms with E-state index in [0.29, 0.717) is 11.5 Å². The number of carbonyl (C=O) groups excluding carboxylic acids is 1. The van der Waals surface area contributed by atoms with Gasteiger partial charge in [-0.15, -0.1) is 0 Å². The van der Waals surface area contributed by atoms with Crippen molar-refractivity contribution in [3.63, 3.8) is 0 Å². The Kier molecular flexibility index (Phi) is 5.65. The lowest BCUT2D eigenvalue weighted by molar-refractivity contribution is -0.111. The number of anilines is 1. The first-order chi connectivity index (χ1) is 12.6. The van der Waals surface area contributed by atoms with E-state index in [1.54, 1.807) is 0 Å². The summed E-state index contributed by atoms with van der Waals surface area (Å²) in [6, 6.07) is 27.7. The van der Waals surface area contributed by atoms with Gasteiger partial charge in [0.25, 0.3) is 5.91 Å². The van der Waals surface area contributed by atoms with Crippen LogP contribution in [0.25, 0.3) is 11.6 Å². The predicted octanol–water partition coefficient (Wildman–Crippen LogP) is 5.99. The Morgan fingerprint density at radius 1 is 0.808 bits per heavy atom. The molecule has 2 nitrogen and oxygen atoms in total. The third-order valence-electron chi connectivity index (χ3n) is 4.28. The van der Waals surface area contributed by atoms with E-state index in [4.69, 9.17) is 0 Å². The topological polar surface area (TPSA) is 29.1 Å². The fraction of sp³-hybridized carbons (Fsp3) is 0.125. The summed E-state index contributed by atoms with van der Waals surface area (Å²) >= 11 is 0. The van der Waals surface area contributed by atoms with Crippen LogP contribution in [0.1, 0.15) is 36.5 Å². The van der Waals surface area contributed by atoms with Crippen LogP contribution in [0.4, 0.5) is 5.69 Å². The third-order valence-corrected chi connectivity index (χ3v) is 4.28. The molecule has 0 aliphatic heterocycles. The molecule has 0 bridgehead atoms. The molecular formula is C24H23NO. The lowest BCUT2D eigenvalue weighted by Gasteiger charge is -2.11. The molecule has 1 amide bonds. The first-order valence-electron chi connectivity index (χ1n) is 8.87.